The summed E-state index contributed by atoms with van der Waals surface area (Å²) in [5.41, 5.74) is -0.457. The second kappa shape index (κ2) is 5.13. The lowest BCUT2D eigenvalue weighted by molar-refractivity contribution is 0.307. The number of halogens is 1. The Bertz CT molecular complexity index is 175. The lowest BCUT2D eigenvalue weighted by Crippen LogP contribution is -2.15. The molecule has 0 rings (SSSR count). The van der Waals surface area contributed by atoms with Gasteiger partial charge in [-0.05, 0) is 38.3 Å². The molecule has 0 aromatic rings. The van der Waals surface area contributed by atoms with Gasteiger partial charge in [0.25, 0.3) is 0 Å². The third-order valence-corrected chi connectivity index (χ3v) is 1.95. The van der Waals surface area contributed by atoms with Crippen molar-refractivity contribution in [2.75, 3.05) is 0 Å². The van der Waals surface area contributed by atoms with Gasteiger partial charge < -0.3 is 0 Å². The summed E-state index contributed by atoms with van der Waals surface area (Å²) in [6.45, 7) is 7.46. The van der Waals surface area contributed by atoms with E-state index in [1.807, 2.05) is 32.9 Å². The van der Waals surface area contributed by atoms with Crippen LogP contribution in [0, 0.1) is 0 Å². The first kappa shape index (κ1) is 11.4. The number of alkyl halides is 1. The average molecular weight is 170 g/mol. The van der Waals surface area contributed by atoms with E-state index in [0.29, 0.717) is 0 Å². The van der Waals surface area contributed by atoms with Crippen molar-refractivity contribution >= 4 is 0 Å². The summed E-state index contributed by atoms with van der Waals surface area (Å²) < 4.78 is 13.7. The summed E-state index contributed by atoms with van der Waals surface area (Å²) >= 11 is 0. The number of rotatable bonds is 4. The van der Waals surface area contributed by atoms with E-state index in [2.05, 4.69) is 0 Å². The fourth-order valence-electron chi connectivity index (χ4n) is 0.976. The summed E-state index contributed by atoms with van der Waals surface area (Å²) in [6.07, 6.45) is 7.21. The first-order valence-electron chi connectivity index (χ1n) is 4.58. The average Bonchev–Trinajstić information content (AvgIpc) is 2.01. The van der Waals surface area contributed by atoms with Gasteiger partial charge in [0.1, 0.15) is 5.67 Å². The lowest BCUT2D eigenvalue weighted by atomic mass is 9.97. The summed E-state index contributed by atoms with van der Waals surface area (Å²) in [7, 11) is 0. The van der Waals surface area contributed by atoms with Crippen LogP contribution in [-0.2, 0) is 0 Å². The molecular weight excluding hydrogens is 151 g/mol. The molecule has 0 N–H and O–H groups in total. The van der Waals surface area contributed by atoms with Crippen LogP contribution >= 0.6 is 0 Å². The molecule has 0 aromatic heterocycles. The standard InChI is InChI=1S/C11H19F/c1-5-7-9-11(4,12)10(3)8-6-2/h7-9H,5-6H2,1-4H3/b9-7-,10-8+/t11-/m0/s1. The van der Waals surface area contributed by atoms with Gasteiger partial charge in [-0.25, -0.2) is 4.39 Å². The van der Waals surface area contributed by atoms with Crippen molar-refractivity contribution in [3.05, 3.63) is 23.8 Å². The maximum absolute atomic E-state index is 13.7. The Morgan fingerprint density at radius 1 is 1.33 bits per heavy atom. The summed E-state index contributed by atoms with van der Waals surface area (Å²) in [5.74, 6) is 0. The molecule has 0 saturated heterocycles. The number of hydrogen-bond donors (Lipinski definition) is 0. The van der Waals surface area contributed by atoms with Crippen LogP contribution in [0.5, 0.6) is 0 Å². The Balaban J connectivity index is 4.38. The van der Waals surface area contributed by atoms with Crippen LogP contribution in [0.2, 0.25) is 0 Å². The van der Waals surface area contributed by atoms with E-state index in [1.54, 1.807) is 13.0 Å². The Hall–Kier alpha value is -0.590. The van der Waals surface area contributed by atoms with Crippen LogP contribution in [0.15, 0.2) is 23.8 Å². The van der Waals surface area contributed by atoms with E-state index in [1.165, 1.54) is 0 Å². The Kier molecular flexibility index (Phi) is 4.87. The predicted molar refractivity (Wildman–Crippen MR) is 53.0 cm³/mol. The highest BCUT2D eigenvalue weighted by atomic mass is 19.1. The maximum atomic E-state index is 13.7. The zero-order chi connectivity index (χ0) is 9.61. The predicted octanol–water partition coefficient (Wildman–Crippen LogP) is 4.04. The molecule has 1 atom stereocenters. The molecule has 0 unspecified atom stereocenters. The van der Waals surface area contributed by atoms with Gasteiger partial charge in [-0.2, -0.15) is 0 Å². The molecule has 0 spiro atoms. The minimum Gasteiger partial charge on any atom is -0.235 e. The van der Waals surface area contributed by atoms with Crippen molar-refractivity contribution in [2.45, 2.75) is 46.2 Å². The van der Waals surface area contributed by atoms with E-state index in [4.69, 9.17) is 0 Å². The quantitative estimate of drug-likeness (QED) is 0.559. The summed E-state index contributed by atoms with van der Waals surface area (Å²) in [4.78, 5) is 0. The van der Waals surface area contributed by atoms with E-state index >= 15 is 0 Å². The molecule has 0 nitrogen and oxygen atoms in total. The van der Waals surface area contributed by atoms with E-state index in [-0.39, 0.29) is 0 Å². The van der Waals surface area contributed by atoms with E-state index in [0.717, 1.165) is 18.4 Å². The number of allylic oxidation sites excluding steroid dienone is 4. The second-order valence-corrected chi connectivity index (χ2v) is 3.18. The van der Waals surface area contributed by atoms with Gasteiger partial charge in [-0.3, -0.25) is 0 Å². The molecule has 12 heavy (non-hydrogen) atoms. The largest absolute Gasteiger partial charge is 0.235 e. The van der Waals surface area contributed by atoms with Gasteiger partial charge in [-0.15, -0.1) is 0 Å². The van der Waals surface area contributed by atoms with Crippen molar-refractivity contribution in [2.24, 2.45) is 0 Å². The summed E-state index contributed by atoms with van der Waals surface area (Å²) in [5, 5.41) is 0. The summed E-state index contributed by atoms with van der Waals surface area (Å²) in [6, 6.07) is 0. The molecule has 0 aliphatic rings. The highest BCUT2D eigenvalue weighted by Crippen LogP contribution is 2.23. The van der Waals surface area contributed by atoms with Gasteiger partial charge in [0.2, 0.25) is 0 Å². The van der Waals surface area contributed by atoms with Crippen LogP contribution < -0.4 is 0 Å². The number of hydrogen-bond acceptors (Lipinski definition) is 0. The Morgan fingerprint density at radius 2 is 1.92 bits per heavy atom. The molecule has 0 fully saturated rings. The van der Waals surface area contributed by atoms with Crippen molar-refractivity contribution in [3.8, 4) is 0 Å². The fraction of sp³-hybridized carbons (Fsp3) is 0.636. The molecule has 70 valence electrons. The first-order valence-corrected chi connectivity index (χ1v) is 4.58. The van der Waals surface area contributed by atoms with Crippen molar-refractivity contribution in [1.82, 2.24) is 0 Å². The molecular formula is C11H19F. The van der Waals surface area contributed by atoms with Crippen molar-refractivity contribution in [1.29, 1.82) is 0 Å². The zero-order valence-corrected chi connectivity index (χ0v) is 8.52. The topological polar surface area (TPSA) is 0 Å². The fourth-order valence-corrected chi connectivity index (χ4v) is 0.976. The first-order chi connectivity index (χ1) is 5.54. The van der Waals surface area contributed by atoms with Crippen LogP contribution in [-0.4, -0.2) is 5.67 Å². The van der Waals surface area contributed by atoms with Gasteiger partial charge in [-0.1, -0.05) is 26.0 Å². The molecule has 0 bridgehead atoms. The van der Waals surface area contributed by atoms with Gasteiger partial charge >= 0.3 is 0 Å². The second-order valence-electron chi connectivity index (χ2n) is 3.18. The molecule has 1 heteroatoms. The van der Waals surface area contributed by atoms with Gasteiger partial charge in [0, 0.05) is 0 Å². The zero-order valence-electron chi connectivity index (χ0n) is 8.52. The molecule has 0 heterocycles. The van der Waals surface area contributed by atoms with Crippen LogP contribution in [0.25, 0.3) is 0 Å². The molecule has 0 aromatic carbocycles. The molecule has 0 aliphatic carbocycles. The van der Waals surface area contributed by atoms with E-state index in [9.17, 15) is 4.39 Å². The highest BCUT2D eigenvalue weighted by molar-refractivity contribution is 5.21. The van der Waals surface area contributed by atoms with Crippen LogP contribution in [0.3, 0.4) is 0 Å². The molecule has 0 saturated carbocycles. The van der Waals surface area contributed by atoms with E-state index < -0.39 is 5.67 Å². The van der Waals surface area contributed by atoms with Crippen LogP contribution in [0.1, 0.15) is 40.5 Å². The van der Waals surface area contributed by atoms with Gasteiger partial charge in [0.05, 0.1) is 0 Å². The molecule has 0 aliphatic heterocycles. The molecule has 0 radical (unpaired) electrons. The minimum atomic E-state index is -1.26. The maximum Gasteiger partial charge on any atom is 0.147 e. The van der Waals surface area contributed by atoms with Crippen molar-refractivity contribution in [3.63, 3.8) is 0 Å². The monoisotopic (exact) mass is 170 g/mol. The smallest absolute Gasteiger partial charge is 0.147 e. The third kappa shape index (κ3) is 3.70. The van der Waals surface area contributed by atoms with Gasteiger partial charge in [0.15, 0.2) is 0 Å². The van der Waals surface area contributed by atoms with Crippen molar-refractivity contribution < 1.29 is 4.39 Å². The molecule has 0 amide bonds. The SMILES string of the molecule is CC/C=C\[C@](C)(F)/C(C)=C/CC. The Morgan fingerprint density at radius 3 is 2.33 bits per heavy atom. The minimum absolute atomic E-state index is 0.801. The normalized spacial score (nSPS) is 18.2. The Labute approximate surface area is 75.2 Å². The van der Waals surface area contributed by atoms with Crippen LogP contribution in [0.4, 0.5) is 4.39 Å². The highest BCUT2D eigenvalue weighted by Gasteiger charge is 2.20. The third-order valence-electron chi connectivity index (χ3n) is 1.95. The lowest BCUT2D eigenvalue weighted by Gasteiger charge is -2.16.